The third-order valence-corrected chi connectivity index (χ3v) is 3.13. The average Bonchev–Trinajstić information content (AvgIpc) is 2.87. The highest BCUT2D eigenvalue weighted by molar-refractivity contribution is 5.97. The molecule has 0 saturated carbocycles. The van der Waals surface area contributed by atoms with Gasteiger partial charge in [-0.05, 0) is 5.56 Å². The number of nitrogens with zero attached hydrogens (tertiary/aromatic N) is 1. The Morgan fingerprint density at radius 3 is 2.70 bits per heavy atom. The second kappa shape index (κ2) is 6.18. The first kappa shape index (κ1) is 14.0. The minimum Gasteiger partial charge on any atom is -0.445 e. The number of nitrogens with one attached hydrogen (secondary N) is 1. The summed E-state index contributed by atoms with van der Waals surface area (Å²) in [5, 5.41) is 2.45. The molecule has 1 saturated heterocycles. The fraction of sp³-hybridized carbons (Fsp3) is 0.357. The van der Waals surface area contributed by atoms with Crippen molar-refractivity contribution in [2.75, 3.05) is 13.6 Å². The topological polar surface area (TPSA) is 75.7 Å². The van der Waals surface area contributed by atoms with Crippen molar-refractivity contribution < 1.29 is 19.1 Å². The van der Waals surface area contributed by atoms with Gasteiger partial charge < -0.3 is 10.1 Å². The lowest BCUT2D eigenvalue weighted by atomic mass is 10.2. The average molecular weight is 276 g/mol. The number of rotatable bonds is 3. The summed E-state index contributed by atoms with van der Waals surface area (Å²) in [7, 11) is 1.47. The van der Waals surface area contributed by atoms with Crippen molar-refractivity contribution in [3.63, 3.8) is 0 Å². The Bertz CT molecular complexity index is 515. The quantitative estimate of drug-likeness (QED) is 0.882. The molecule has 1 fully saturated rings. The second-order valence-corrected chi connectivity index (χ2v) is 4.54. The van der Waals surface area contributed by atoms with E-state index in [1.807, 2.05) is 30.3 Å². The van der Waals surface area contributed by atoms with Gasteiger partial charge in [0.2, 0.25) is 5.91 Å². The number of carbonyl (C=O) groups is 3. The second-order valence-electron chi connectivity index (χ2n) is 4.54. The molecule has 1 aromatic carbocycles. The largest absolute Gasteiger partial charge is 0.445 e. The van der Waals surface area contributed by atoms with Gasteiger partial charge in [-0.15, -0.1) is 0 Å². The van der Waals surface area contributed by atoms with Gasteiger partial charge in [0.15, 0.2) is 5.78 Å². The van der Waals surface area contributed by atoms with Gasteiger partial charge in [0.25, 0.3) is 0 Å². The molecule has 6 nitrogen and oxygen atoms in total. The molecule has 6 heteroatoms. The van der Waals surface area contributed by atoms with Crippen molar-refractivity contribution in [1.29, 1.82) is 0 Å². The molecule has 0 spiro atoms. The van der Waals surface area contributed by atoms with Crippen LogP contribution in [0.15, 0.2) is 30.3 Å². The van der Waals surface area contributed by atoms with Crippen LogP contribution in [0.25, 0.3) is 0 Å². The van der Waals surface area contributed by atoms with E-state index in [-0.39, 0.29) is 31.3 Å². The number of benzene rings is 1. The van der Waals surface area contributed by atoms with Crippen LogP contribution < -0.4 is 5.32 Å². The molecule has 0 aromatic heterocycles. The molecule has 20 heavy (non-hydrogen) atoms. The van der Waals surface area contributed by atoms with Crippen molar-refractivity contribution in [2.24, 2.45) is 0 Å². The Hall–Kier alpha value is -2.37. The van der Waals surface area contributed by atoms with Crippen molar-refractivity contribution in [1.82, 2.24) is 10.2 Å². The first-order valence-electron chi connectivity index (χ1n) is 6.32. The number of likely N-dealkylation sites (tertiary alicyclic amines) is 1. The Morgan fingerprint density at radius 2 is 2.05 bits per heavy atom. The monoisotopic (exact) mass is 276 g/mol. The molecule has 1 aliphatic rings. The van der Waals surface area contributed by atoms with Crippen LogP contribution in [0, 0.1) is 0 Å². The van der Waals surface area contributed by atoms with E-state index in [2.05, 4.69) is 5.32 Å². The first-order valence-corrected chi connectivity index (χ1v) is 6.32. The highest BCUT2D eigenvalue weighted by atomic mass is 16.6. The van der Waals surface area contributed by atoms with Gasteiger partial charge in [0.05, 0.1) is 6.54 Å². The van der Waals surface area contributed by atoms with Crippen molar-refractivity contribution >= 4 is 17.8 Å². The summed E-state index contributed by atoms with van der Waals surface area (Å²) in [6.45, 7) is 0.0382. The molecule has 1 N–H and O–H groups in total. The fourth-order valence-electron chi connectivity index (χ4n) is 2.09. The number of likely N-dealkylation sites (N-methyl/N-ethyl adjacent to an activating group) is 1. The van der Waals surface area contributed by atoms with Gasteiger partial charge in [-0.25, -0.2) is 4.79 Å². The van der Waals surface area contributed by atoms with Crippen LogP contribution in [0.2, 0.25) is 0 Å². The van der Waals surface area contributed by atoms with Gasteiger partial charge in [-0.2, -0.15) is 0 Å². The molecule has 106 valence electrons. The highest BCUT2D eigenvalue weighted by Gasteiger charge is 2.39. The zero-order valence-corrected chi connectivity index (χ0v) is 11.2. The Kier molecular flexibility index (Phi) is 4.34. The molecular weight excluding hydrogens is 260 g/mol. The van der Waals surface area contributed by atoms with Crippen LogP contribution in [0.3, 0.4) is 0 Å². The Labute approximate surface area is 116 Å². The van der Waals surface area contributed by atoms with Crippen molar-refractivity contribution in [2.45, 2.75) is 19.1 Å². The molecule has 0 bridgehead atoms. The van der Waals surface area contributed by atoms with E-state index >= 15 is 0 Å². The van der Waals surface area contributed by atoms with E-state index in [0.29, 0.717) is 0 Å². The highest BCUT2D eigenvalue weighted by Crippen LogP contribution is 2.16. The minimum atomic E-state index is -0.768. The number of hydrogen-bond donors (Lipinski definition) is 1. The van der Waals surface area contributed by atoms with Crippen LogP contribution in [-0.4, -0.2) is 42.3 Å². The predicted molar refractivity (Wildman–Crippen MR) is 70.8 cm³/mol. The summed E-state index contributed by atoms with van der Waals surface area (Å²) in [6.07, 6.45) is -0.603. The molecular formula is C14H16N2O4. The maximum atomic E-state index is 12.0. The molecule has 1 heterocycles. The van der Waals surface area contributed by atoms with Crippen molar-refractivity contribution in [3.05, 3.63) is 35.9 Å². The number of amides is 2. The molecule has 0 radical (unpaired) electrons. The number of ether oxygens (including phenoxy) is 1. The van der Waals surface area contributed by atoms with Crippen LogP contribution >= 0.6 is 0 Å². The fourth-order valence-corrected chi connectivity index (χ4v) is 2.09. The van der Waals surface area contributed by atoms with E-state index in [0.717, 1.165) is 5.56 Å². The number of hydrogen-bond acceptors (Lipinski definition) is 4. The van der Waals surface area contributed by atoms with Gasteiger partial charge >= 0.3 is 6.09 Å². The SMILES string of the molecule is CNC(=O)C1CC(=O)CN1C(=O)OCc1ccccc1. The van der Waals surface area contributed by atoms with Crippen molar-refractivity contribution in [3.8, 4) is 0 Å². The summed E-state index contributed by atoms with van der Waals surface area (Å²) in [5.74, 6) is -0.497. The smallest absolute Gasteiger partial charge is 0.411 e. The van der Waals surface area contributed by atoms with E-state index in [1.54, 1.807) is 0 Å². The van der Waals surface area contributed by atoms with E-state index in [9.17, 15) is 14.4 Å². The number of ketones is 1. The standard InChI is InChI=1S/C14H16N2O4/c1-15-13(18)12-7-11(17)8-16(12)14(19)20-9-10-5-3-2-4-6-10/h2-6,12H,7-9H2,1H3,(H,15,18). The van der Waals surface area contributed by atoms with E-state index < -0.39 is 12.1 Å². The van der Waals surface area contributed by atoms with E-state index in [1.165, 1.54) is 11.9 Å². The molecule has 2 amide bonds. The molecule has 1 aliphatic heterocycles. The van der Waals surface area contributed by atoms with Gasteiger partial charge in [0.1, 0.15) is 12.6 Å². The van der Waals surface area contributed by atoms with Gasteiger partial charge in [0, 0.05) is 13.5 Å². The number of Topliss-reactive ketones (excluding diaryl/α,β-unsaturated/α-hetero) is 1. The number of carbonyl (C=O) groups excluding carboxylic acids is 3. The molecule has 1 unspecified atom stereocenters. The lowest BCUT2D eigenvalue weighted by Crippen LogP contribution is -2.45. The molecule has 0 aliphatic carbocycles. The molecule has 2 rings (SSSR count). The van der Waals surface area contributed by atoms with E-state index in [4.69, 9.17) is 4.74 Å². The summed E-state index contributed by atoms with van der Waals surface area (Å²) < 4.78 is 5.14. The zero-order valence-electron chi connectivity index (χ0n) is 11.2. The van der Waals surface area contributed by atoms with Crippen LogP contribution in [-0.2, 0) is 20.9 Å². The summed E-state index contributed by atoms with van der Waals surface area (Å²) >= 11 is 0. The summed E-state index contributed by atoms with van der Waals surface area (Å²) in [4.78, 5) is 36.2. The minimum absolute atomic E-state index is 0.0418. The predicted octanol–water partition coefficient (Wildman–Crippen LogP) is 0.713. The molecule has 1 atom stereocenters. The Balaban J connectivity index is 1.97. The molecule has 1 aromatic rings. The lowest BCUT2D eigenvalue weighted by Gasteiger charge is -2.21. The Morgan fingerprint density at radius 1 is 1.35 bits per heavy atom. The zero-order chi connectivity index (χ0) is 14.5. The van der Waals surface area contributed by atoms with Crippen LogP contribution in [0.4, 0.5) is 4.79 Å². The normalized spacial score (nSPS) is 17.9. The maximum absolute atomic E-state index is 12.0. The van der Waals surface area contributed by atoms with Gasteiger partial charge in [-0.1, -0.05) is 30.3 Å². The van der Waals surface area contributed by atoms with Gasteiger partial charge in [-0.3, -0.25) is 14.5 Å². The first-order chi connectivity index (χ1) is 9.61. The third kappa shape index (κ3) is 3.14. The summed E-state index contributed by atoms with van der Waals surface area (Å²) in [5.41, 5.74) is 0.850. The van der Waals surface area contributed by atoms with Crippen LogP contribution in [0.1, 0.15) is 12.0 Å². The summed E-state index contributed by atoms with van der Waals surface area (Å²) in [6, 6.07) is 8.45. The third-order valence-electron chi connectivity index (χ3n) is 3.13. The lowest BCUT2D eigenvalue weighted by molar-refractivity contribution is -0.125. The maximum Gasteiger partial charge on any atom is 0.411 e. The van der Waals surface area contributed by atoms with Crippen LogP contribution in [0.5, 0.6) is 0 Å².